The molecule has 1 aliphatic heterocycles. The maximum Gasteiger partial charge on any atom is 0.137 e. The van der Waals surface area contributed by atoms with Gasteiger partial charge in [0.15, 0.2) is 0 Å². The van der Waals surface area contributed by atoms with Crippen molar-refractivity contribution in [1.29, 1.82) is 0 Å². The Morgan fingerprint density at radius 3 is 2.94 bits per heavy atom. The number of nitrogens with two attached hydrogens (primary N) is 1. The Balaban J connectivity index is 2.35. The second kappa shape index (κ2) is 4.87. The largest absolute Gasteiger partial charge is 0.383 e. The molecule has 0 amide bonds. The molecule has 1 saturated heterocycles. The number of hydrogen-bond acceptors (Lipinski definition) is 5. The van der Waals surface area contributed by atoms with Crippen molar-refractivity contribution in [2.24, 2.45) is 0 Å². The van der Waals surface area contributed by atoms with Crippen molar-refractivity contribution in [3.63, 3.8) is 0 Å². The molecule has 1 fully saturated rings. The third-order valence-electron chi connectivity index (χ3n) is 3.19. The third-order valence-corrected chi connectivity index (χ3v) is 3.19. The highest BCUT2D eigenvalue weighted by atomic mass is 16.5. The molecule has 5 heteroatoms. The summed E-state index contributed by atoms with van der Waals surface area (Å²) in [6.07, 6.45) is 2.61. The fraction of sp³-hybridized carbons (Fsp3) is 0.667. The summed E-state index contributed by atoms with van der Waals surface area (Å²) in [7, 11) is 0. The minimum Gasteiger partial charge on any atom is -0.383 e. The van der Waals surface area contributed by atoms with Crippen LogP contribution >= 0.6 is 0 Å². The first-order chi connectivity index (χ1) is 8.13. The number of morpholine rings is 1. The molecule has 1 aromatic rings. The van der Waals surface area contributed by atoms with E-state index in [0.29, 0.717) is 11.9 Å². The molecule has 2 atom stereocenters. The summed E-state index contributed by atoms with van der Waals surface area (Å²) >= 11 is 0. The predicted molar refractivity (Wildman–Crippen MR) is 68.0 cm³/mol. The van der Waals surface area contributed by atoms with Crippen molar-refractivity contribution in [2.75, 3.05) is 23.8 Å². The van der Waals surface area contributed by atoms with E-state index in [1.54, 1.807) is 0 Å². The normalized spacial score (nSPS) is 25.0. The van der Waals surface area contributed by atoms with E-state index in [2.05, 4.69) is 35.6 Å². The lowest BCUT2D eigenvalue weighted by atomic mass is 10.1. The molecule has 17 heavy (non-hydrogen) atoms. The Morgan fingerprint density at radius 2 is 2.24 bits per heavy atom. The Labute approximate surface area is 102 Å². The summed E-state index contributed by atoms with van der Waals surface area (Å²) in [5.74, 6) is 1.55. The van der Waals surface area contributed by atoms with E-state index >= 15 is 0 Å². The van der Waals surface area contributed by atoms with Crippen LogP contribution in [0.3, 0.4) is 0 Å². The summed E-state index contributed by atoms with van der Waals surface area (Å²) in [5.41, 5.74) is 6.95. The summed E-state index contributed by atoms with van der Waals surface area (Å²) in [6, 6.07) is 0.325. The average molecular weight is 236 g/mol. The maximum atomic E-state index is 5.91. The van der Waals surface area contributed by atoms with Gasteiger partial charge in [-0.15, -0.1) is 0 Å². The molecule has 0 saturated carbocycles. The van der Waals surface area contributed by atoms with Crippen molar-refractivity contribution in [2.45, 2.75) is 39.3 Å². The highest BCUT2D eigenvalue weighted by Gasteiger charge is 2.26. The van der Waals surface area contributed by atoms with E-state index in [1.807, 2.05) is 0 Å². The van der Waals surface area contributed by atoms with E-state index in [9.17, 15) is 0 Å². The van der Waals surface area contributed by atoms with Gasteiger partial charge >= 0.3 is 0 Å². The Hall–Kier alpha value is -1.36. The lowest BCUT2D eigenvalue weighted by molar-refractivity contribution is 0.0340. The smallest absolute Gasteiger partial charge is 0.137 e. The van der Waals surface area contributed by atoms with Crippen LogP contribution in [0.5, 0.6) is 0 Å². The van der Waals surface area contributed by atoms with Crippen LogP contribution in [0, 0.1) is 0 Å². The van der Waals surface area contributed by atoms with Gasteiger partial charge in [0.1, 0.15) is 18.0 Å². The zero-order valence-electron chi connectivity index (χ0n) is 10.7. The first-order valence-corrected chi connectivity index (χ1v) is 6.11. The molecule has 2 rings (SSSR count). The average Bonchev–Trinajstić information content (AvgIpc) is 2.32. The number of rotatable bonds is 2. The number of nitrogens with zero attached hydrogens (tertiary/aromatic N) is 3. The number of ether oxygens (including phenoxy) is 1. The predicted octanol–water partition coefficient (Wildman–Crippen LogP) is 1.23. The molecule has 0 aliphatic carbocycles. The first-order valence-electron chi connectivity index (χ1n) is 6.11. The van der Waals surface area contributed by atoms with Crippen molar-refractivity contribution >= 4 is 11.6 Å². The molecule has 0 bridgehead atoms. The fourth-order valence-corrected chi connectivity index (χ4v) is 2.20. The summed E-state index contributed by atoms with van der Waals surface area (Å²) in [4.78, 5) is 10.7. The molecule has 5 nitrogen and oxygen atoms in total. The molecule has 1 aliphatic rings. The molecule has 0 radical (unpaired) electrons. The molecule has 1 aromatic heterocycles. The van der Waals surface area contributed by atoms with Crippen LogP contribution in [-0.2, 0) is 11.2 Å². The van der Waals surface area contributed by atoms with Crippen LogP contribution in [0.15, 0.2) is 6.33 Å². The van der Waals surface area contributed by atoms with Crippen molar-refractivity contribution < 1.29 is 4.74 Å². The Morgan fingerprint density at radius 1 is 1.47 bits per heavy atom. The molecule has 2 heterocycles. The van der Waals surface area contributed by atoms with Gasteiger partial charge in [-0.3, -0.25) is 0 Å². The number of aromatic nitrogens is 2. The molecule has 0 aromatic carbocycles. The van der Waals surface area contributed by atoms with E-state index in [4.69, 9.17) is 10.5 Å². The van der Waals surface area contributed by atoms with Crippen molar-refractivity contribution in [1.82, 2.24) is 9.97 Å². The first kappa shape index (κ1) is 12.1. The van der Waals surface area contributed by atoms with Crippen LogP contribution in [0.2, 0.25) is 0 Å². The molecule has 94 valence electrons. The van der Waals surface area contributed by atoms with Gasteiger partial charge in [0.2, 0.25) is 0 Å². The van der Waals surface area contributed by atoms with Gasteiger partial charge in [-0.05, 0) is 20.3 Å². The Bertz CT molecular complexity index is 396. The summed E-state index contributed by atoms with van der Waals surface area (Å²) in [6.45, 7) is 7.88. The highest BCUT2D eigenvalue weighted by Crippen LogP contribution is 2.26. The second-order valence-corrected chi connectivity index (χ2v) is 4.56. The summed E-state index contributed by atoms with van der Waals surface area (Å²) < 4.78 is 5.63. The van der Waals surface area contributed by atoms with Gasteiger partial charge in [-0.25, -0.2) is 9.97 Å². The monoisotopic (exact) mass is 236 g/mol. The maximum absolute atomic E-state index is 5.91. The van der Waals surface area contributed by atoms with E-state index < -0.39 is 0 Å². The fourth-order valence-electron chi connectivity index (χ4n) is 2.20. The number of hydrogen-bond donors (Lipinski definition) is 1. The Kier molecular flexibility index (Phi) is 3.47. The topological polar surface area (TPSA) is 64.3 Å². The molecular formula is C12H20N4O. The standard InChI is InChI=1S/C12H20N4O/c1-4-10-11(13)14-7-15-12(10)16-5-9(3)17-6-8(16)2/h7-9H,4-6H2,1-3H3,(H2,13,14,15). The van der Waals surface area contributed by atoms with Gasteiger partial charge in [-0.2, -0.15) is 0 Å². The van der Waals surface area contributed by atoms with Gasteiger partial charge < -0.3 is 15.4 Å². The van der Waals surface area contributed by atoms with Gasteiger partial charge in [0.05, 0.1) is 18.8 Å². The third kappa shape index (κ3) is 2.34. The van der Waals surface area contributed by atoms with Gasteiger partial charge in [0, 0.05) is 12.1 Å². The van der Waals surface area contributed by atoms with Crippen LogP contribution in [0.25, 0.3) is 0 Å². The SMILES string of the molecule is CCc1c(N)ncnc1N1CC(C)OCC1C. The van der Waals surface area contributed by atoms with Crippen molar-refractivity contribution in [3.05, 3.63) is 11.9 Å². The zero-order chi connectivity index (χ0) is 12.4. The lowest BCUT2D eigenvalue weighted by Crippen LogP contribution is -2.48. The summed E-state index contributed by atoms with van der Waals surface area (Å²) in [5, 5.41) is 0. The van der Waals surface area contributed by atoms with Gasteiger partial charge in [0.25, 0.3) is 0 Å². The van der Waals surface area contributed by atoms with Crippen LogP contribution < -0.4 is 10.6 Å². The minimum atomic E-state index is 0.229. The number of nitrogen functional groups attached to an aromatic ring is 1. The zero-order valence-corrected chi connectivity index (χ0v) is 10.7. The molecule has 2 N–H and O–H groups in total. The van der Waals surface area contributed by atoms with Crippen LogP contribution in [0.4, 0.5) is 11.6 Å². The van der Waals surface area contributed by atoms with E-state index in [0.717, 1.165) is 31.0 Å². The quantitative estimate of drug-likeness (QED) is 0.836. The second-order valence-electron chi connectivity index (χ2n) is 4.56. The minimum absolute atomic E-state index is 0.229. The molecule has 2 unspecified atom stereocenters. The molecule has 0 spiro atoms. The van der Waals surface area contributed by atoms with E-state index in [1.165, 1.54) is 6.33 Å². The number of anilines is 2. The van der Waals surface area contributed by atoms with Crippen molar-refractivity contribution in [3.8, 4) is 0 Å². The van der Waals surface area contributed by atoms with Crippen LogP contribution in [0.1, 0.15) is 26.3 Å². The molecular weight excluding hydrogens is 216 g/mol. The highest BCUT2D eigenvalue weighted by molar-refractivity contribution is 5.57. The van der Waals surface area contributed by atoms with E-state index in [-0.39, 0.29) is 6.10 Å². The van der Waals surface area contributed by atoms with Gasteiger partial charge in [-0.1, -0.05) is 6.92 Å². The van der Waals surface area contributed by atoms with Crippen LogP contribution in [-0.4, -0.2) is 35.3 Å². The lowest BCUT2D eigenvalue weighted by Gasteiger charge is -2.38.